The molecule has 9 nitrogen and oxygen atoms in total. The van der Waals surface area contributed by atoms with Crippen molar-refractivity contribution < 1.29 is 23.9 Å². The van der Waals surface area contributed by atoms with E-state index in [2.05, 4.69) is 15.8 Å². The number of aryl methyl sites for hydroxylation is 2. The van der Waals surface area contributed by atoms with Gasteiger partial charge < -0.3 is 19.7 Å². The van der Waals surface area contributed by atoms with E-state index in [0.717, 1.165) is 11.1 Å². The minimum atomic E-state index is -0.902. The minimum absolute atomic E-state index is 0.115. The van der Waals surface area contributed by atoms with E-state index in [1.165, 1.54) is 6.21 Å². The first kappa shape index (κ1) is 23.0. The summed E-state index contributed by atoms with van der Waals surface area (Å²) in [5.74, 6) is -1.42. The molecule has 168 valence electrons. The number of ether oxygens (including phenoxy) is 2. The monoisotopic (exact) mass is 438 g/mol. The molecule has 32 heavy (non-hydrogen) atoms. The summed E-state index contributed by atoms with van der Waals surface area (Å²) in [7, 11) is 0. The van der Waals surface area contributed by atoms with Crippen LogP contribution in [0.1, 0.15) is 16.7 Å². The van der Waals surface area contributed by atoms with Gasteiger partial charge in [-0.25, -0.2) is 5.43 Å². The Morgan fingerprint density at radius 3 is 2.56 bits per heavy atom. The molecule has 0 aromatic heterocycles. The summed E-state index contributed by atoms with van der Waals surface area (Å²) < 4.78 is 10.9. The predicted molar refractivity (Wildman–Crippen MR) is 120 cm³/mol. The second kappa shape index (κ2) is 11.1. The lowest BCUT2D eigenvalue weighted by atomic mass is 10.1. The fourth-order valence-corrected chi connectivity index (χ4v) is 2.98. The Labute approximate surface area is 186 Å². The molecular weight excluding hydrogens is 412 g/mol. The van der Waals surface area contributed by atoms with E-state index in [1.807, 2.05) is 19.9 Å². The SMILES string of the molecule is Cc1ccc(NC(=O)C(=O)NN=Cc2ccccc2OCC(=O)N2CCOCC2)cc1C. The van der Waals surface area contributed by atoms with Gasteiger partial charge in [0.15, 0.2) is 6.61 Å². The zero-order valence-corrected chi connectivity index (χ0v) is 18.1. The predicted octanol–water partition coefficient (Wildman–Crippen LogP) is 1.63. The van der Waals surface area contributed by atoms with Crippen LogP contribution < -0.4 is 15.5 Å². The summed E-state index contributed by atoms with van der Waals surface area (Å²) >= 11 is 0. The highest BCUT2D eigenvalue weighted by Crippen LogP contribution is 2.16. The van der Waals surface area contributed by atoms with Gasteiger partial charge in [-0.2, -0.15) is 5.10 Å². The number of morpholine rings is 1. The first-order valence-corrected chi connectivity index (χ1v) is 10.2. The third-order valence-electron chi connectivity index (χ3n) is 4.97. The largest absolute Gasteiger partial charge is 0.483 e. The smallest absolute Gasteiger partial charge is 0.329 e. The van der Waals surface area contributed by atoms with Crippen LogP contribution in [-0.4, -0.2) is 61.7 Å². The third kappa shape index (κ3) is 6.39. The van der Waals surface area contributed by atoms with Crippen LogP contribution in [0.5, 0.6) is 5.75 Å². The first-order chi connectivity index (χ1) is 15.4. The number of rotatable bonds is 6. The van der Waals surface area contributed by atoms with Gasteiger partial charge in [-0.05, 0) is 49.2 Å². The van der Waals surface area contributed by atoms with E-state index in [-0.39, 0.29) is 12.5 Å². The molecule has 1 aliphatic heterocycles. The molecule has 0 spiro atoms. The van der Waals surface area contributed by atoms with Gasteiger partial charge in [0, 0.05) is 24.3 Å². The fraction of sp³-hybridized carbons (Fsp3) is 0.304. The van der Waals surface area contributed by atoms with E-state index < -0.39 is 11.8 Å². The highest BCUT2D eigenvalue weighted by Gasteiger charge is 2.17. The second-order valence-corrected chi connectivity index (χ2v) is 7.27. The van der Waals surface area contributed by atoms with Gasteiger partial charge in [-0.15, -0.1) is 0 Å². The van der Waals surface area contributed by atoms with Crippen molar-refractivity contribution in [3.63, 3.8) is 0 Å². The van der Waals surface area contributed by atoms with E-state index >= 15 is 0 Å². The molecule has 3 amide bonds. The van der Waals surface area contributed by atoms with Gasteiger partial charge >= 0.3 is 11.8 Å². The highest BCUT2D eigenvalue weighted by atomic mass is 16.5. The number of para-hydroxylation sites is 1. The number of anilines is 1. The van der Waals surface area contributed by atoms with Crippen molar-refractivity contribution in [2.45, 2.75) is 13.8 Å². The molecule has 1 aliphatic rings. The van der Waals surface area contributed by atoms with Crippen LogP contribution in [0.3, 0.4) is 0 Å². The molecule has 0 aliphatic carbocycles. The normalized spacial score (nSPS) is 13.6. The summed E-state index contributed by atoms with van der Waals surface area (Å²) in [5, 5.41) is 6.37. The summed E-state index contributed by atoms with van der Waals surface area (Å²) in [4.78, 5) is 38.1. The Balaban J connectivity index is 1.53. The molecule has 2 aromatic rings. The summed E-state index contributed by atoms with van der Waals surface area (Å²) in [6.07, 6.45) is 1.36. The van der Waals surface area contributed by atoms with Crippen LogP contribution in [0.4, 0.5) is 5.69 Å². The average Bonchev–Trinajstić information content (AvgIpc) is 2.81. The number of amides is 3. The molecule has 0 radical (unpaired) electrons. The van der Waals surface area contributed by atoms with Crippen molar-refractivity contribution >= 4 is 29.6 Å². The molecule has 1 fully saturated rings. The fourth-order valence-electron chi connectivity index (χ4n) is 2.98. The van der Waals surface area contributed by atoms with Gasteiger partial charge in [0.25, 0.3) is 5.91 Å². The van der Waals surface area contributed by atoms with Crippen molar-refractivity contribution in [3.8, 4) is 5.75 Å². The molecule has 2 aromatic carbocycles. The van der Waals surface area contributed by atoms with E-state index in [1.54, 1.807) is 41.3 Å². The van der Waals surface area contributed by atoms with Gasteiger partial charge in [0.05, 0.1) is 19.4 Å². The van der Waals surface area contributed by atoms with Gasteiger partial charge in [0.1, 0.15) is 5.75 Å². The molecule has 9 heteroatoms. The quantitative estimate of drug-likeness (QED) is 0.405. The zero-order valence-electron chi connectivity index (χ0n) is 18.1. The van der Waals surface area contributed by atoms with E-state index in [9.17, 15) is 14.4 Å². The summed E-state index contributed by atoms with van der Waals surface area (Å²) in [5.41, 5.74) is 5.37. The van der Waals surface area contributed by atoms with Crippen LogP contribution in [0.15, 0.2) is 47.6 Å². The highest BCUT2D eigenvalue weighted by molar-refractivity contribution is 6.39. The van der Waals surface area contributed by atoms with E-state index in [4.69, 9.17) is 9.47 Å². The Hall–Kier alpha value is -3.72. The molecule has 1 heterocycles. The molecule has 0 bridgehead atoms. The van der Waals surface area contributed by atoms with Gasteiger partial charge in [-0.1, -0.05) is 18.2 Å². The van der Waals surface area contributed by atoms with Crippen LogP contribution in [-0.2, 0) is 19.1 Å². The van der Waals surface area contributed by atoms with Gasteiger partial charge in [0.2, 0.25) is 0 Å². The molecule has 0 unspecified atom stereocenters. The van der Waals surface area contributed by atoms with Crippen LogP contribution in [0.2, 0.25) is 0 Å². The van der Waals surface area contributed by atoms with Crippen molar-refractivity contribution in [2.24, 2.45) is 5.10 Å². The summed E-state index contributed by atoms with van der Waals surface area (Å²) in [6, 6.07) is 12.3. The van der Waals surface area contributed by atoms with Crippen molar-refractivity contribution in [2.75, 3.05) is 38.2 Å². The Morgan fingerprint density at radius 1 is 1.06 bits per heavy atom. The number of hydrazone groups is 1. The van der Waals surface area contributed by atoms with Crippen LogP contribution in [0, 0.1) is 13.8 Å². The third-order valence-corrected chi connectivity index (χ3v) is 4.97. The molecule has 1 saturated heterocycles. The zero-order chi connectivity index (χ0) is 22.9. The minimum Gasteiger partial charge on any atom is -0.483 e. The lowest BCUT2D eigenvalue weighted by Crippen LogP contribution is -2.43. The number of hydrogen-bond acceptors (Lipinski definition) is 6. The molecule has 2 N–H and O–H groups in total. The lowest BCUT2D eigenvalue weighted by Gasteiger charge is -2.26. The number of nitrogens with one attached hydrogen (secondary N) is 2. The topological polar surface area (TPSA) is 109 Å². The Bertz CT molecular complexity index is 1020. The number of benzene rings is 2. The number of nitrogens with zero attached hydrogens (tertiary/aromatic N) is 2. The number of hydrogen-bond donors (Lipinski definition) is 2. The van der Waals surface area contributed by atoms with E-state index in [0.29, 0.717) is 43.3 Å². The standard InChI is InChI=1S/C23H26N4O5/c1-16-7-8-19(13-17(16)2)25-22(29)23(30)26-24-14-18-5-3-4-6-20(18)32-15-21(28)27-9-11-31-12-10-27/h3-8,13-14H,9-12,15H2,1-2H3,(H,25,29)(H,26,30). The van der Waals surface area contributed by atoms with Crippen molar-refractivity contribution in [1.82, 2.24) is 10.3 Å². The molecule has 0 saturated carbocycles. The molecule has 3 rings (SSSR count). The molecule has 0 atom stereocenters. The van der Waals surface area contributed by atoms with Crippen molar-refractivity contribution in [1.29, 1.82) is 0 Å². The first-order valence-electron chi connectivity index (χ1n) is 10.2. The average molecular weight is 438 g/mol. The maximum absolute atomic E-state index is 12.3. The Morgan fingerprint density at radius 2 is 1.81 bits per heavy atom. The van der Waals surface area contributed by atoms with Crippen LogP contribution in [0.25, 0.3) is 0 Å². The lowest BCUT2D eigenvalue weighted by molar-refractivity contribution is -0.137. The number of carbonyl (C=O) groups excluding carboxylic acids is 3. The van der Waals surface area contributed by atoms with Crippen molar-refractivity contribution in [3.05, 3.63) is 59.2 Å². The maximum atomic E-state index is 12.3. The maximum Gasteiger partial charge on any atom is 0.329 e. The van der Waals surface area contributed by atoms with Crippen LogP contribution >= 0.6 is 0 Å². The summed E-state index contributed by atoms with van der Waals surface area (Å²) in [6.45, 7) is 5.89. The Kier molecular flexibility index (Phi) is 7.93. The van der Waals surface area contributed by atoms with Gasteiger partial charge in [-0.3, -0.25) is 14.4 Å². The second-order valence-electron chi connectivity index (χ2n) is 7.27. The number of carbonyl (C=O) groups is 3. The molecular formula is C23H26N4O5.